The first kappa shape index (κ1) is 12.2. The average Bonchev–Trinajstić information content (AvgIpc) is 2.22. The molecule has 0 aliphatic carbocycles. The summed E-state index contributed by atoms with van der Waals surface area (Å²) in [5, 5.41) is 0. The Hall–Kier alpha value is -1.23. The van der Waals surface area contributed by atoms with E-state index in [9.17, 15) is 8.42 Å². The molecule has 0 radical (unpaired) electrons. The molecule has 1 atom stereocenters. The molecular weight excluding hydrogens is 236 g/mol. The molecule has 1 aliphatic heterocycles. The van der Waals surface area contributed by atoms with Gasteiger partial charge in [0, 0.05) is 24.0 Å². The fourth-order valence-electron chi connectivity index (χ4n) is 2.31. The van der Waals surface area contributed by atoms with Crippen LogP contribution in [0, 0.1) is 6.92 Å². The van der Waals surface area contributed by atoms with Gasteiger partial charge in [0.1, 0.15) is 0 Å². The molecule has 0 spiro atoms. The van der Waals surface area contributed by atoms with Crippen LogP contribution >= 0.6 is 0 Å². The van der Waals surface area contributed by atoms with Gasteiger partial charge in [-0.25, -0.2) is 8.42 Å². The van der Waals surface area contributed by atoms with Crippen LogP contribution in [0.5, 0.6) is 0 Å². The maximum Gasteiger partial charge on any atom is 0.154 e. The van der Waals surface area contributed by atoms with Crippen LogP contribution in [0.1, 0.15) is 12.5 Å². The number of hydrogen-bond donors (Lipinski definition) is 1. The van der Waals surface area contributed by atoms with Crippen LogP contribution in [-0.4, -0.2) is 32.5 Å². The second-order valence-electron chi connectivity index (χ2n) is 4.65. The van der Waals surface area contributed by atoms with Crippen LogP contribution in [-0.2, 0) is 9.84 Å². The molecule has 0 bridgehead atoms. The van der Waals surface area contributed by atoms with Crippen LogP contribution in [0.4, 0.5) is 11.4 Å². The Bertz CT molecular complexity index is 525. The van der Waals surface area contributed by atoms with Crippen molar-refractivity contribution in [3.05, 3.63) is 23.8 Å². The number of nitrogens with zero attached hydrogens (tertiary/aromatic N) is 1. The minimum Gasteiger partial charge on any atom is -0.398 e. The van der Waals surface area contributed by atoms with E-state index in [1.807, 2.05) is 32.0 Å². The molecule has 1 unspecified atom stereocenters. The maximum atomic E-state index is 11.5. The van der Waals surface area contributed by atoms with Gasteiger partial charge < -0.3 is 10.6 Å². The minimum atomic E-state index is -2.87. The molecule has 1 saturated heterocycles. The van der Waals surface area contributed by atoms with Gasteiger partial charge in [-0.05, 0) is 31.5 Å². The van der Waals surface area contributed by atoms with E-state index < -0.39 is 9.84 Å². The molecule has 5 heteroatoms. The summed E-state index contributed by atoms with van der Waals surface area (Å²) >= 11 is 0. The molecule has 4 nitrogen and oxygen atoms in total. The molecule has 1 aromatic rings. The zero-order valence-corrected chi connectivity index (χ0v) is 11.0. The van der Waals surface area contributed by atoms with E-state index in [4.69, 9.17) is 5.73 Å². The van der Waals surface area contributed by atoms with Crippen LogP contribution in [0.3, 0.4) is 0 Å². The lowest BCUT2D eigenvalue weighted by molar-refractivity contribution is 0.568. The van der Waals surface area contributed by atoms with Crippen LogP contribution in [0.2, 0.25) is 0 Å². The Labute approximate surface area is 102 Å². The smallest absolute Gasteiger partial charge is 0.154 e. The largest absolute Gasteiger partial charge is 0.398 e. The van der Waals surface area contributed by atoms with E-state index in [0.29, 0.717) is 6.54 Å². The first-order valence-electron chi connectivity index (χ1n) is 5.73. The molecule has 1 aromatic carbocycles. The Morgan fingerprint density at radius 1 is 1.41 bits per heavy atom. The fraction of sp³-hybridized carbons (Fsp3) is 0.500. The summed E-state index contributed by atoms with van der Waals surface area (Å²) in [5.74, 6) is 0.451. The van der Waals surface area contributed by atoms with Crippen molar-refractivity contribution in [1.82, 2.24) is 0 Å². The number of hydrogen-bond acceptors (Lipinski definition) is 4. The molecule has 0 amide bonds. The molecule has 2 N–H and O–H groups in total. The predicted molar refractivity (Wildman–Crippen MR) is 71.1 cm³/mol. The van der Waals surface area contributed by atoms with Gasteiger partial charge in [-0.1, -0.05) is 6.07 Å². The summed E-state index contributed by atoms with van der Waals surface area (Å²) in [6.45, 7) is 4.47. The molecule has 1 heterocycles. The van der Waals surface area contributed by atoms with Crippen molar-refractivity contribution >= 4 is 21.2 Å². The van der Waals surface area contributed by atoms with Gasteiger partial charge in [-0.3, -0.25) is 0 Å². The number of nitrogen functional groups attached to an aromatic ring is 1. The molecule has 94 valence electrons. The summed E-state index contributed by atoms with van der Waals surface area (Å²) in [6, 6.07) is 5.78. The zero-order valence-electron chi connectivity index (χ0n) is 10.2. The van der Waals surface area contributed by atoms with Crippen LogP contribution < -0.4 is 10.6 Å². The fourth-order valence-corrected chi connectivity index (χ4v) is 3.86. The van der Waals surface area contributed by atoms with E-state index in [2.05, 4.69) is 4.90 Å². The summed E-state index contributed by atoms with van der Waals surface area (Å²) in [4.78, 5) is 2.13. The maximum absolute atomic E-state index is 11.5. The summed E-state index contributed by atoms with van der Waals surface area (Å²) < 4.78 is 23.1. The Morgan fingerprint density at radius 2 is 2.12 bits per heavy atom. The molecule has 0 saturated carbocycles. The van der Waals surface area contributed by atoms with E-state index in [-0.39, 0.29) is 17.5 Å². The van der Waals surface area contributed by atoms with Crippen molar-refractivity contribution in [3.8, 4) is 0 Å². The lowest BCUT2D eigenvalue weighted by Crippen LogP contribution is -2.47. The van der Waals surface area contributed by atoms with Gasteiger partial charge in [-0.2, -0.15) is 0 Å². The summed E-state index contributed by atoms with van der Waals surface area (Å²) in [6.07, 6.45) is 0. The Kier molecular flexibility index (Phi) is 3.03. The highest BCUT2D eigenvalue weighted by atomic mass is 32.2. The lowest BCUT2D eigenvalue weighted by Gasteiger charge is -2.36. The average molecular weight is 254 g/mol. The number of anilines is 2. The normalized spacial score (nSPS) is 23.6. The third kappa shape index (κ3) is 2.39. The second-order valence-corrected chi connectivity index (χ2v) is 6.88. The molecule has 17 heavy (non-hydrogen) atoms. The highest BCUT2D eigenvalue weighted by Gasteiger charge is 2.28. The van der Waals surface area contributed by atoms with Crippen molar-refractivity contribution in [2.45, 2.75) is 19.9 Å². The second kappa shape index (κ2) is 4.22. The lowest BCUT2D eigenvalue weighted by atomic mass is 10.1. The van der Waals surface area contributed by atoms with Crippen molar-refractivity contribution in [2.24, 2.45) is 0 Å². The van der Waals surface area contributed by atoms with Gasteiger partial charge in [-0.15, -0.1) is 0 Å². The third-order valence-electron chi connectivity index (χ3n) is 3.33. The zero-order chi connectivity index (χ0) is 12.6. The highest BCUT2D eigenvalue weighted by Crippen LogP contribution is 2.28. The standard InChI is InChI=1S/C12H18N2O2S/c1-9-8-17(15,16)7-6-14(9)12-5-3-4-11(13)10(12)2/h3-5,9H,6-8,13H2,1-2H3. The number of nitrogens with two attached hydrogens (primary N) is 1. The summed E-state index contributed by atoms with van der Waals surface area (Å²) in [7, 11) is -2.87. The van der Waals surface area contributed by atoms with Gasteiger partial charge in [0.15, 0.2) is 9.84 Å². The topological polar surface area (TPSA) is 63.4 Å². The van der Waals surface area contributed by atoms with Gasteiger partial charge >= 0.3 is 0 Å². The van der Waals surface area contributed by atoms with E-state index in [1.165, 1.54) is 0 Å². The SMILES string of the molecule is Cc1c(N)cccc1N1CCS(=O)(=O)CC1C. The highest BCUT2D eigenvalue weighted by molar-refractivity contribution is 7.91. The van der Waals surface area contributed by atoms with Crippen molar-refractivity contribution in [3.63, 3.8) is 0 Å². The molecule has 1 aliphatic rings. The first-order chi connectivity index (χ1) is 7.91. The number of rotatable bonds is 1. The summed E-state index contributed by atoms with van der Waals surface area (Å²) in [5.41, 5.74) is 8.71. The van der Waals surface area contributed by atoms with Crippen LogP contribution in [0.25, 0.3) is 0 Å². The van der Waals surface area contributed by atoms with Crippen molar-refractivity contribution in [2.75, 3.05) is 28.7 Å². The minimum absolute atomic E-state index is 0.00856. The van der Waals surface area contributed by atoms with Crippen LogP contribution in [0.15, 0.2) is 18.2 Å². The monoisotopic (exact) mass is 254 g/mol. The number of sulfone groups is 1. The van der Waals surface area contributed by atoms with E-state index in [0.717, 1.165) is 16.9 Å². The third-order valence-corrected chi connectivity index (χ3v) is 5.12. The molecule has 1 fully saturated rings. The van der Waals surface area contributed by atoms with Crippen molar-refractivity contribution in [1.29, 1.82) is 0 Å². The molecular formula is C12H18N2O2S. The van der Waals surface area contributed by atoms with E-state index >= 15 is 0 Å². The van der Waals surface area contributed by atoms with Gasteiger partial charge in [0.25, 0.3) is 0 Å². The predicted octanol–water partition coefficient (Wildman–Crippen LogP) is 1.20. The first-order valence-corrected chi connectivity index (χ1v) is 7.55. The number of benzene rings is 1. The Balaban J connectivity index is 2.33. The van der Waals surface area contributed by atoms with Crippen molar-refractivity contribution < 1.29 is 8.42 Å². The molecule has 2 rings (SSSR count). The molecule has 0 aromatic heterocycles. The van der Waals surface area contributed by atoms with E-state index in [1.54, 1.807) is 0 Å². The van der Waals surface area contributed by atoms with Gasteiger partial charge in [0.05, 0.1) is 11.5 Å². The Morgan fingerprint density at radius 3 is 2.76 bits per heavy atom. The quantitative estimate of drug-likeness (QED) is 0.765. The van der Waals surface area contributed by atoms with Gasteiger partial charge in [0.2, 0.25) is 0 Å².